The summed E-state index contributed by atoms with van der Waals surface area (Å²) in [5.74, 6) is 0.869. The molecule has 0 saturated carbocycles. The molecule has 118 valence electrons. The molecule has 2 aliphatic heterocycles. The van der Waals surface area contributed by atoms with Crippen molar-refractivity contribution in [2.24, 2.45) is 5.92 Å². The van der Waals surface area contributed by atoms with Crippen LogP contribution >= 0.6 is 0 Å². The summed E-state index contributed by atoms with van der Waals surface area (Å²) in [5.41, 5.74) is 0.330. The van der Waals surface area contributed by atoms with Crippen molar-refractivity contribution in [1.82, 2.24) is 14.7 Å². The van der Waals surface area contributed by atoms with E-state index in [1.807, 2.05) is 0 Å². The maximum atomic E-state index is 5.17. The monoisotopic (exact) mass is 283 g/mol. The van der Waals surface area contributed by atoms with E-state index >= 15 is 0 Å². The molecule has 0 bridgehead atoms. The maximum Gasteiger partial charge on any atom is 0.0589 e. The molecule has 0 aromatic heterocycles. The van der Waals surface area contributed by atoms with E-state index in [1.54, 1.807) is 7.11 Å². The molecule has 2 rings (SSSR count). The molecule has 4 heteroatoms. The minimum atomic E-state index is 0.330. The molecule has 0 spiro atoms. The summed E-state index contributed by atoms with van der Waals surface area (Å²) in [6, 6.07) is 0. The van der Waals surface area contributed by atoms with Crippen molar-refractivity contribution in [2.75, 3.05) is 66.1 Å². The van der Waals surface area contributed by atoms with Gasteiger partial charge in [0.1, 0.15) is 0 Å². The molecule has 20 heavy (non-hydrogen) atoms. The van der Waals surface area contributed by atoms with Gasteiger partial charge in [0.15, 0.2) is 0 Å². The number of ether oxygens (including phenoxy) is 1. The minimum absolute atomic E-state index is 0.330. The number of hydrogen-bond acceptors (Lipinski definition) is 4. The largest absolute Gasteiger partial charge is 0.383 e. The zero-order valence-electron chi connectivity index (χ0n) is 13.9. The van der Waals surface area contributed by atoms with Crippen LogP contribution in [0.4, 0.5) is 0 Å². The first-order valence-electron chi connectivity index (χ1n) is 8.18. The van der Waals surface area contributed by atoms with Crippen LogP contribution in [0.15, 0.2) is 0 Å². The van der Waals surface area contributed by atoms with Gasteiger partial charge in [-0.15, -0.1) is 0 Å². The zero-order chi connectivity index (χ0) is 14.6. The van der Waals surface area contributed by atoms with Gasteiger partial charge in [0.25, 0.3) is 0 Å². The van der Waals surface area contributed by atoms with Gasteiger partial charge in [0.2, 0.25) is 0 Å². The number of methoxy groups -OCH3 is 1. The minimum Gasteiger partial charge on any atom is -0.383 e. The molecule has 2 fully saturated rings. The quantitative estimate of drug-likeness (QED) is 0.758. The maximum absolute atomic E-state index is 5.17. The Morgan fingerprint density at radius 2 is 1.70 bits per heavy atom. The Balaban J connectivity index is 1.66. The molecule has 2 saturated heterocycles. The molecule has 1 atom stereocenters. The molecule has 4 nitrogen and oxygen atoms in total. The molecule has 0 radical (unpaired) electrons. The molecular formula is C16H33N3O. The number of hydrogen-bond donors (Lipinski definition) is 0. The van der Waals surface area contributed by atoms with Crippen LogP contribution in [-0.4, -0.2) is 86.3 Å². The fourth-order valence-corrected chi connectivity index (χ4v) is 3.45. The van der Waals surface area contributed by atoms with Gasteiger partial charge in [-0.3, -0.25) is 4.90 Å². The second-order valence-electron chi connectivity index (χ2n) is 7.41. The SMILES string of the molecule is COCCN1CC[C@@H](CN2CCN(C(C)(C)C)CC2)C1. The van der Waals surface area contributed by atoms with Crippen LogP contribution in [-0.2, 0) is 4.74 Å². The van der Waals surface area contributed by atoms with Crippen LogP contribution in [0.5, 0.6) is 0 Å². The molecule has 2 heterocycles. The Labute approximate surface area is 125 Å². The number of likely N-dealkylation sites (tertiary alicyclic amines) is 1. The van der Waals surface area contributed by atoms with Gasteiger partial charge in [0, 0.05) is 58.5 Å². The van der Waals surface area contributed by atoms with Crippen molar-refractivity contribution in [3.63, 3.8) is 0 Å². The van der Waals surface area contributed by atoms with Gasteiger partial charge >= 0.3 is 0 Å². The van der Waals surface area contributed by atoms with Crippen molar-refractivity contribution in [2.45, 2.75) is 32.7 Å². The lowest BCUT2D eigenvalue weighted by Gasteiger charge is -2.42. The van der Waals surface area contributed by atoms with Gasteiger partial charge in [-0.25, -0.2) is 0 Å². The van der Waals surface area contributed by atoms with Crippen LogP contribution in [0.1, 0.15) is 27.2 Å². The van der Waals surface area contributed by atoms with E-state index in [2.05, 4.69) is 35.5 Å². The van der Waals surface area contributed by atoms with Crippen molar-refractivity contribution in [3.8, 4) is 0 Å². The van der Waals surface area contributed by atoms with Crippen LogP contribution in [0.25, 0.3) is 0 Å². The highest BCUT2D eigenvalue weighted by Crippen LogP contribution is 2.20. The fourth-order valence-electron chi connectivity index (χ4n) is 3.45. The number of rotatable bonds is 5. The molecule has 0 aromatic rings. The summed E-state index contributed by atoms with van der Waals surface area (Å²) in [4.78, 5) is 7.84. The summed E-state index contributed by atoms with van der Waals surface area (Å²) in [6.07, 6.45) is 1.36. The normalized spacial score (nSPS) is 27.3. The highest BCUT2D eigenvalue weighted by molar-refractivity contribution is 4.84. The smallest absolute Gasteiger partial charge is 0.0589 e. The Hall–Kier alpha value is -0.160. The molecule has 0 N–H and O–H groups in total. The first kappa shape index (κ1) is 16.2. The van der Waals surface area contributed by atoms with E-state index in [0.29, 0.717) is 5.54 Å². The van der Waals surface area contributed by atoms with Crippen molar-refractivity contribution in [1.29, 1.82) is 0 Å². The molecule has 0 amide bonds. The van der Waals surface area contributed by atoms with Gasteiger partial charge in [-0.1, -0.05) is 0 Å². The lowest BCUT2D eigenvalue weighted by molar-refractivity contribution is 0.0555. The lowest BCUT2D eigenvalue weighted by atomic mass is 10.0. The summed E-state index contributed by atoms with van der Waals surface area (Å²) < 4.78 is 5.17. The Bertz CT molecular complexity index is 282. The summed E-state index contributed by atoms with van der Waals surface area (Å²) in [6.45, 7) is 17.7. The van der Waals surface area contributed by atoms with E-state index in [4.69, 9.17) is 4.74 Å². The fraction of sp³-hybridized carbons (Fsp3) is 1.00. The highest BCUT2D eigenvalue weighted by Gasteiger charge is 2.28. The standard InChI is InChI=1S/C16H33N3O/c1-16(2,3)19-9-7-18(8-10-19)14-15-5-6-17(13-15)11-12-20-4/h15H,5-14H2,1-4H3/t15-/m1/s1. The molecular weight excluding hydrogens is 250 g/mol. The second-order valence-corrected chi connectivity index (χ2v) is 7.41. The van der Waals surface area contributed by atoms with Crippen molar-refractivity contribution in [3.05, 3.63) is 0 Å². The van der Waals surface area contributed by atoms with Gasteiger partial charge in [-0.05, 0) is 39.7 Å². The predicted octanol–water partition coefficient (Wildman–Crippen LogP) is 1.37. The molecule has 2 aliphatic rings. The van der Waals surface area contributed by atoms with E-state index < -0.39 is 0 Å². The lowest BCUT2D eigenvalue weighted by Crippen LogP contribution is -2.54. The first-order valence-corrected chi connectivity index (χ1v) is 8.18. The van der Waals surface area contributed by atoms with E-state index in [-0.39, 0.29) is 0 Å². The van der Waals surface area contributed by atoms with E-state index in [0.717, 1.165) is 19.1 Å². The molecule has 0 aromatic carbocycles. The number of piperazine rings is 1. The second kappa shape index (κ2) is 7.21. The Morgan fingerprint density at radius 1 is 1.00 bits per heavy atom. The van der Waals surface area contributed by atoms with E-state index in [1.165, 1.54) is 52.2 Å². The number of nitrogens with zero attached hydrogens (tertiary/aromatic N) is 3. The first-order chi connectivity index (χ1) is 9.49. The molecule has 0 unspecified atom stereocenters. The van der Waals surface area contributed by atoms with Crippen LogP contribution in [0.3, 0.4) is 0 Å². The third kappa shape index (κ3) is 4.69. The third-order valence-electron chi connectivity index (χ3n) is 4.82. The molecule has 0 aliphatic carbocycles. The Morgan fingerprint density at radius 3 is 2.30 bits per heavy atom. The van der Waals surface area contributed by atoms with Crippen LogP contribution < -0.4 is 0 Å². The van der Waals surface area contributed by atoms with Gasteiger partial charge in [-0.2, -0.15) is 0 Å². The third-order valence-corrected chi connectivity index (χ3v) is 4.82. The van der Waals surface area contributed by atoms with Crippen LogP contribution in [0, 0.1) is 5.92 Å². The summed E-state index contributed by atoms with van der Waals surface area (Å²) in [5, 5.41) is 0. The zero-order valence-corrected chi connectivity index (χ0v) is 13.9. The van der Waals surface area contributed by atoms with E-state index in [9.17, 15) is 0 Å². The predicted molar refractivity (Wildman–Crippen MR) is 84.2 cm³/mol. The average Bonchev–Trinajstić information content (AvgIpc) is 2.83. The van der Waals surface area contributed by atoms with Gasteiger partial charge < -0.3 is 14.5 Å². The topological polar surface area (TPSA) is 19.0 Å². The Kier molecular flexibility index (Phi) is 5.84. The van der Waals surface area contributed by atoms with Gasteiger partial charge in [0.05, 0.1) is 6.61 Å². The summed E-state index contributed by atoms with van der Waals surface area (Å²) in [7, 11) is 1.79. The average molecular weight is 283 g/mol. The van der Waals surface area contributed by atoms with Crippen LogP contribution in [0.2, 0.25) is 0 Å². The van der Waals surface area contributed by atoms with Crippen molar-refractivity contribution < 1.29 is 4.74 Å². The van der Waals surface area contributed by atoms with Crippen molar-refractivity contribution >= 4 is 0 Å². The summed E-state index contributed by atoms with van der Waals surface area (Å²) >= 11 is 0. The highest BCUT2D eigenvalue weighted by atomic mass is 16.5.